The Labute approximate surface area is 94.5 Å². The second-order valence-corrected chi connectivity index (χ2v) is 5.66. The van der Waals surface area contributed by atoms with E-state index in [-0.39, 0.29) is 11.6 Å². The normalized spacial score (nSPS) is 20.8. The number of hydrogen-bond donors (Lipinski definition) is 2. The summed E-state index contributed by atoms with van der Waals surface area (Å²) in [7, 11) is 0. The van der Waals surface area contributed by atoms with Crippen molar-refractivity contribution in [2.75, 3.05) is 6.54 Å². The van der Waals surface area contributed by atoms with Crippen LogP contribution in [0.4, 0.5) is 0 Å². The molecule has 1 unspecified atom stereocenters. The van der Waals surface area contributed by atoms with Gasteiger partial charge in [-0.3, -0.25) is 0 Å². The highest BCUT2D eigenvalue weighted by Crippen LogP contribution is 2.28. The number of rotatable bonds is 6. The highest BCUT2D eigenvalue weighted by molar-refractivity contribution is 4.78. The minimum Gasteiger partial charge on any atom is -0.392 e. The Morgan fingerprint density at radius 3 is 2.47 bits per heavy atom. The molecule has 0 aliphatic heterocycles. The van der Waals surface area contributed by atoms with Crippen LogP contribution in [0, 0.1) is 5.92 Å². The first-order chi connectivity index (χ1) is 7.03. The SMILES string of the molecule is CCC(C)(C)NCC(O)CC1CCCC1. The van der Waals surface area contributed by atoms with Gasteiger partial charge in [0.15, 0.2) is 0 Å². The van der Waals surface area contributed by atoms with Crippen LogP contribution in [0.2, 0.25) is 0 Å². The van der Waals surface area contributed by atoms with Crippen molar-refractivity contribution in [3.63, 3.8) is 0 Å². The van der Waals surface area contributed by atoms with Gasteiger partial charge in [-0.25, -0.2) is 0 Å². The zero-order valence-corrected chi connectivity index (χ0v) is 10.6. The average molecular weight is 213 g/mol. The molecule has 1 rings (SSSR count). The maximum absolute atomic E-state index is 9.91. The molecule has 0 spiro atoms. The summed E-state index contributed by atoms with van der Waals surface area (Å²) in [4.78, 5) is 0. The molecule has 1 atom stereocenters. The molecule has 0 bridgehead atoms. The molecule has 0 saturated heterocycles. The molecular formula is C13H27NO. The molecule has 90 valence electrons. The van der Waals surface area contributed by atoms with Crippen LogP contribution < -0.4 is 5.32 Å². The molecule has 2 nitrogen and oxygen atoms in total. The Morgan fingerprint density at radius 2 is 1.93 bits per heavy atom. The summed E-state index contributed by atoms with van der Waals surface area (Å²) in [6, 6.07) is 0. The van der Waals surface area contributed by atoms with E-state index in [1.165, 1.54) is 25.7 Å². The molecule has 0 radical (unpaired) electrons. The number of hydrogen-bond acceptors (Lipinski definition) is 2. The van der Waals surface area contributed by atoms with Crippen LogP contribution in [0.3, 0.4) is 0 Å². The Hall–Kier alpha value is -0.0800. The van der Waals surface area contributed by atoms with Gasteiger partial charge in [-0.2, -0.15) is 0 Å². The first-order valence-corrected chi connectivity index (χ1v) is 6.46. The number of aliphatic hydroxyl groups is 1. The summed E-state index contributed by atoms with van der Waals surface area (Å²) in [6.07, 6.45) is 7.33. The Balaban J connectivity index is 2.15. The molecule has 0 aromatic rings. The lowest BCUT2D eigenvalue weighted by molar-refractivity contribution is 0.130. The van der Waals surface area contributed by atoms with Crippen LogP contribution in [0.15, 0.2) is 0 Å². The smallest absolute Gasteiger partial charge is 0.0667 e. The van der Waals surface area contributed by atoms with E-state index < -0.39 is 0 Å². The molecule has 0 heterocycles. The van der Waals surface area contributed by atoms with Gasteiger partial charge in [0.05, 0.1) is 6.10 Å². The third-order valence-corrected chi connectivity index (χ3v) is 3.78. The van der Waals surface area contributed by atoms with Gasteiger partial charge in [0.1, 0.15) is 0 Å². The molecule has 0 aromatic carbocycles. The highest BCUT2D eigenvalue weighted by Gasteiger charge is 2.20. The minimum absolute atomic E-state index is 0.154. The topological polar surface area (TPSA) is 32.3 Å². The lowest BCUT2D eigenvalue weighted by Crippen LogP contribution is -2.43. The Morgan fingerprint density at radius 1 is 1.33 bits per heavy atom. The molecule has 1 aliphatic rings. The number of aliphatic hydroxyl groups excluding tert-OH is 1. The standard InChI is InChI=1S/C13H27NO/c1-4-13(2,3)14-10-12(15)9-11-7-5-6-8-11/h11-12,14-15H,4-10H2,1-3H3. The lowest BCUT2D eigenvalue weighted by Gasteiger charge is -2.27. The summed E-state index contributed by atoms with van der Waals surface area (Å²) < 4.78 is 0. The van der Waals surface area contributed by atoms with Crippen LogP contribution in [0.5, 0.6) is 0 Å². The van der Waals surface area contributed by atoms with Gasteiger partial charge in [-0.05, 0) is 32.6 Å². The van der Waals surface area contributed by atoms with Gasteiger partial charge >= 0.3 is 0 Å². The van der Waals surface area contributed by atoms with Crippen LogP contribution >= 0.6 is 0 Å². The van der Waals surface area contributed by atoms with Gasteiger partial charge in [0, 0.05) is 12.1 Å². The molecule has 0 aromatic heterocycles. The maximum Gasteiger partial charge on any atom is 0.0667 e. The fourth-order valence-corrected chi connectivity index (χ4v) is 2.23. The van der Waals surface area contributed by atoms with Gasteiger partial charge in [0.25, 0.3) is 0 Å². The van der Waals surface area contributed by atoms with Gasteiger partial charge in [0.2, 0.25) is 0 Å². The van der Waals surface area contributed by atoms with E-state index in [0.29, 0.717) is 0 Å². The van der Waals surface area contributed by atoms with Crippen molar-refractivity contribution in [1.29, 1.82) is 0 Å². The number of β-amino-alcohol motifs (C(OH)–C–C–N with tert-alkyl or cyclic N) is 1. The third-order valence-electron chi connectivity index (χ3n) is 3.78. The Kier molecular flexibility index (Phi) is 5.07. The van der Waals surface area contributed by atoms with E-state index in [2.05, 4.69) is 26.1 Å². The molecule has 1 aliphatic carbocycles. The van der Waals surface area contributed by atoms with Crippen LogP contribution in [0.1, 0.15) is 59.3 Å². The molecular weight excluding hydrogens is 186 g/mol. The second kappa shape index (κ2) is 5.86. The van der Waals surface area contributed by atoms with Crippen molar-refractivity contribution in [3.05, 3.63) is 0 Å². The molecule has 15 heavy (non-hydrogen) atoms. The van der Waals surface area contributed by atoms with Crippen LogP contribution in [-0.4, -0.2) is 23.3 Å². The molecule has 1 saturated carbocycles. The minimum atomic E-state index is -0.154. The molecule has 1 fully saturated rings. The van der Waals surface area contributed by atoms with E-state index >= 15 is 0 Å². The highest BCUT2D eigenvalue weighted by atomic mass is 16.3. The van der Waals surface area contributed by atoms with E-state index in [4.69, 9.17) is 0 Å². The van der Waals surface area contributed by atoms with Crippen molar-refractivity contribution >= 4 is 0 Å². The van der Waals surface area contributed by atoms with Gasteiger partial charge in [-0.1, -0.05) is 32.6 Å². The predicted octanol–water partition coefficient (Wildman–Crippen LogP) is 2.71. The first kappa shape index (κ1) is 13.0. The summed E-state index contributed by atoms with van der Waals surface area (Å²) in [5.41, 5.74) is 0.163. The second-order valence-electron chi connectivity index (χ2n) is 5.66. The number of nitrogens with one attached hydrogen (secondary N) is 1. The van der Waals surface area contributed by atoms with Crippen molar-refractivity contribution in [2.24, 2.45) is 5.92 Å². The van der Waals surface area contributed by atoms with Crippen molar-refractivity contribution in [1.82, 2.24) is 5.32 Å². The van der Waals surface area contributed by atoms with E-state index in [9.17, 15) is 5.11 Å². The van der Waals surface area contributed by atoms with E-state index in [1.807, 2.05) is 0 Å². The quantitative estimate of drug-likeness (QED) is 0.711. The summed E-state index contributed by atoms with van der Waals surface area (Å²) >= 11 is 0. The largest absolute Gasteiger partial charge is 0.392 e. The zero-order chi connectivity index (χ0) is 11.3. The molecule has 0 amide bonds. The van der Waals surface area contributed by atoms with Crippen molar-refractivity contribution < 1.29 is 5.11 Å². The monoisotopic (exact) mass is 213 g/mol. The fourth-order valence-electron chi connectivity index (χ4n) is 2.23. The predicted molar refractivity (Wildman–Crippen MR) is 65.0 cm³/mol. The average Bonchev–Trinajstić information content (AvgIpc) is 2.68. The zero-order valence-electron chi connectivity index (χ0n) is 10.6. The van der Waals surface area contributed by atoms with Gasteiger partial charge in [-0.15, -0.1) is 0 Å². The summed E-state index contributed by atoms with van der Waals surface area (Å²) in [6.45, 7) is 7.30. The van der Waals surface area contributed by atoms with Crippen molar-refractivity contribution in [3.8, 4) is 0 Å². The maximum atomic E-state index is 9.91. The molecule has 2 N–H and O–H groups in total. The van der Waals surface area contributed by atoms with Crippen LogP contribution in [0.25, 0.3) is 0 Å². The first-order valence-electron chi connectivity index (χ1n) is 6.46. The van der Waals surface area contributed by atoms with Crippen LogP contribution in [-0.2, 0) is 0 Å². The van der Waals surface area contributed by atoms with Gasteiger partial charge < -0.3 is 10.4 Å². The lowest BCUT2D eigenvalue weighted by atomic mass is 9.98. The Bertz CT molecular complexity index is 173. The van der Waals surface area contributed by atoms with Crippen molar-refractivity contribution in [2.45, 2.75) is 70.9 Å². The fraction of sp³-hybridized carbons (Fsp3) is 1.00. The van der Waals surface area contributed by atoms with E-state index in [1.54, 1.807) is 0 Å². The summed E-state index contributed by atoms with van der Waals surface area (Å²) in [5.74, 6) is 0.784. The summed E-state index contributed by atoms with van der Waals surface area (Å²) in [5, 5.41) is 13.3. The molecule has 2 heteroatoms. The van der Waals surface area contributed by atoms with E-state index in [0.717, 1.165) is 25.3 Å². The third kappa shape index (κ3) is 4.98.